The summed E-state index contributed by atoms with van der Waals surface area (Å²) in [4.78, 5) is 33.2. The van der Waals surface area contributed by atoms with Gasteiger partial charge in [0.1, 0.15) is 6.10 Å². The van der Waals surface area contributed by atoms with Crippen molar-refractivity contribution in [2.24, 2.45) is 11.0 Å². The number of hydrogen-bond donors (Lipinski definition) is 3. The number of aromatic amines is 1. The van der Waals surface area contributed by atoms with Crippen molar-refractivity contribution in [2.45, 2.75) is 38.7 Å². The molecule has 3 rings (SSSR count). The van der Waals surface area contributed by atoms with Gasteiger partial charge in [-0.15, -0.1) is 5.10 Å². The van der Waals surface area contributed by atoms with Gasteiger partial charge in [-0.2, -0.15) is 9.67 Å². The first kappa shape index (κ1) is 17.8. The van der Waals surface area contributed by atoms with E-state index in [1.807, 2.05) is 0 Å². The lowest BCUT2D eigenvalue weighted by Gasteiger charge is -2.15. The number of amides is 1. The number of carbonyl (C=O) groups excluding carboxylic acids is 1. The van der Waals surface area contributed by atoms with E-state index >= 15 is 0 Å². The molecule has 1 fully saturated rings. The van der Waals surface area contributed by atoms with Crippen LogP contribution in [0, 0.1) is 5.92 Å². The number of nitrogens with zero attached hydrogens (tertiary/aromatic N) is 7. The Bertz CT molecular complexity index is 929. The van der Waals surface area contributed by atoms with Crippen LogP contribution in [0.4, 0.5) is 5.95 Å². The lowest BCUT2D eigenvalue weighted by Crippen LogP contribution is -2.24. The van der Waals surface area contributed by atoms with E-state index in [0.717, 1.165) is 0 Å². The van der Waals surface area contributed by atoms with Crippen LogP contribution in [-0.4, -0.2) is 54.7 Å². The number of anilines is 1. The van der Waals surface area contributed by atoms with Crippen molar-refractivity contribution in [3.05, 3.63) is 20.8 Å². The van der Waals surface area contributed by atoms with E-state index in [-0.39, 0.29) is 41.9 Å². The number of hydrogen-bond acceptors (Lipinski definition) is 8. The van der Waals surface area contributed by atoms with Crippen molar-refractivity contribution in [1.29, 1.82) is 0 Å². The highest BCUT2D eigenvalue weighted by Gasteiger charge is 2.37. The van der Waals surface area contributed by atoms with Crippen LogP contribution in [0.2, 0.25) is 0 Å². The molecule has 1 saturated heterocycles. The molecule has 3 N–H and O–H groups in total. The van der Waals surface area contributed by atoms with Crippen molar-refractivity contribution >= 4 is 23.0 Å². The minimum atomic E-state index is -0.950. The minimum Gasteiger partial charge on any atom is -0.388 e. The Labute approximate surface area is 146 Å². The smallest absolute Gasteiger partial charge is 0.282 e. The van der Waals surface area contributed by atoms with Crippen LogP contribution in [0.5, 0.6) is 0 Å². The van der Waals surface area contributed by atoms with Gasteiger partial charge >= 0.3 is 0 Å². The normalized spacial score (nSPS) is 22.5. The number of azide groups is 1. The fraction of sp³-hybridized carbons (Fsp3) is 0.615. The summed E-state index contributed by atoms with van der Waals surface area (Å²) >= 11 is 0. The number of rotatable bonds is 5. The van der Waals surface area contributed by atoms with Crippen molar-refractivity contribution in [3.63, 3.8) is 0 Å². The summed E-state index contributed by atoms with van der Waals surface area (Å²) in [5, 5.41) is 23.7. The molecule has 0 saturated carbocycles. The summed E-state index contributed by atoms with van der Waals surface area (Å²) in [5.41, 5.74) is 7.80. The van der Waals surface area contributed by atoms with Crippen LogP contribution in [0.3, 0.4) is 0 Å². The molecule has 1 amide bonds. The standard InChI is InChI=1S/C13H17N9O4/c1-5(2)10(24)17-13-16-9-8(11(25)18-13)19-21-22(9)12-7(23)3-6(26-12)4-15-20-14/h5-7,12,23H,3-4H2,1-2H3,(H2,16,17,18,24,25)/t6-,7+,12+/m0/s1. The van der Waals surface area contributed by atoms with Gasteiger partial charge in [-0.05, 0) is 5.53 Å². The van der Waals surface area contributed by atoms with Crippen molar-refractivity contribution in [3.8, 4) is 0 Å². The van der Waals surface area contributed by atoms with Crippen LogP contribution in [-0.2, 0) is 9.53 Å². The molecule has 0 radical (unpaired) electrons. The zero-order valence-electron chi connectivity index (χ0n) is 14.0. The molecule has 3 heterocycles. The third-order valence-corrected chi connectivity index (χ3v) is 3.86. The summed E-state index contributed by atoms with van der Waals surface area (Å²) in [6.45, 7) is 3.45. The Morgan fingerprint density at radius 3 is 3.08 bits per heavy atom. The number of aliphatic hydroxyl groups is 1. The molecule has 1 aliphatic heterocycles. The highest BCUT2D eigenvalue weighted by Crippen LogP contribution is 2.30. The molecular weight excluding hydrogens is 346 g/mol. The van der Waals surface area contributed by atoms with Gasteiger partial charge < -0.3 is 9.84 Å². The lowest BCUT2D eigenvalue weighted by molar-refractivity contribution is -0.118. The number of aliphatic hydroxyl groups excluding tert-OH is 1. The van der Waals surface area contributed by atoms with Gasteiger partial charge in [-0.25, -0.2) is 0 Å². The zero-order valence-corrected chi connectivity index (χ0v) is 14.0. The predicted molar refractivity (Wildman–Crippen MR) is 88.0 cm³/mol. The predicted octanol–water partition coefficient (Wildman–Crippen LogP) is 0.0678. The van der Waals surface area contributed by atoms with Gasteiger partial charge in [0.2, 0.25) is 11.9 Å². The van der Waals surface area contributed by atoms with E-state index in [4.69, 9.17) is 10.3 Å². The molecule has 0 spiro atoms. The third kappa shape index (κ3) is 3.35. The number of H-pyrrole nitrogens is 1. The second-order valence-electron chi connectivity index (χ2n) is 6.13. The summed E-state index contributed by atoms with van der Waals surface area (Å²) in [5.74, 6) is -0.679. The van der Waals surface area contributed by atoms with E-state index in [2.05, 4.69) is 35.6 Å². The summed E-state index contributed by atoms with van der Waals surface area (Å²) in [7, 11) is 0. The highest BCUT2D eigenvalue weighted by molar-refractivity contribution is 5.90. The number of nitrogens with one attached hydrogen (secondary N) is 2. The monoisotopic (exact) mass is 363 g/mol. The van der Waals surface area contributed by atoms with Gasteiger partial charge in [0, 0.05) is 17.3 Å². The third-order valence-electron chi connectivity index (χ3n) is 3.86. The van der Waals surface area contributed by atoms with Gasteiger partial charge in [0.15, 0.2) is 17.4 Å². The Morgan fingerprint density at radius 1 is 1.62 bits per heavy atom. The van der Waals surface area contributed by atoms with E-state index in [1.165, 1.54) is 4.68 Å². The minimum absolute atomic E-state index is 0.0529. The largest absolute Gasteiger partial charge is 0.388 e. The Kier molecular flexibility index (Phi) is 4.84. The maximum atomic E-state index is 12.1. The lowest BCUT2D eigenvalue weighted by atomic mass is 10.2. The molecule has 1 aliphatic rings. The van der Waals surface area contributed by atoms with E-state index in [1.54, 1.807) is 13.8 Å². The Balaban J connectivity index is 1.94. The molecule has 13 nitrogen and oxygen atoms in total. The van der Waals surface area contributed by atoms with Gasteiger partial charge in [0.05, 0.1) is 12.6 Å². The molecular formula is C13H17N9O4. The van der Waals surface area contributed by atoms with Crippen LogP contribution < -0.4 is 10.9 Å². The molecule has 26 heavy (non-hydrogen) atoms. The molecule has 13 heteroatoms. The highest BCUT2D eigenvalue weighted by atomic mass is 16.5. The molecule has 0 aliphatic carbocycles. The first-order valence-electron chi connectivity index (χ1n) is 7.91. The number of fused-ring (bicyclic) bond motifs is 1. The van der Waals surface area contributed by atoms with Gasteiger partial charge in [-0.3, -0.25) is 19.9 Å². The molecule has 0 aromatic carbocycles. The van der Waals surface area contributed by atoms with Crippen molar-refractivity contribution < 1.29 is 14.6 Å². The average Bonchev–Trinajstić information content (AvgIpc) is 3.16. The second-order valence-corrected chi connectivity index (χ2v) is 6.13. The van der Waals surface area contributed by atoms with E-state index in [9.17, 15) is 14.7 Å². The fourth-order valence-electron chi connectivity index (χ4n) is 2.53. The van der Waals surface area contributed by atoms with Crippen LogP contribution >= 0.6 is 0 Å². The quantitative estimate of drug-likeness (QED) is 0.381. The molecule has 3 atom stereocenters. The first-order chi connectivity index (χ1) is 12.4. The summed E-state index contributed by atoms with van der Waals surface area (Å²) in [6, 6.07) is 0. The number of carbonyl (C=O) groups is 1. The summed E-state index contributed by atoms with van der Waals surface area (Å²) in [6.07, 6.45) is -2.16. The molecule has 0 bridgehead atoms. The van der Waals surface area contributed by atoms with Crippen LogP contribution in [0.1, 0.15) is 26.5 Å². The molecule has 138 valence electrons. The topological polar surface area (TPSA) is 184 Å². The SMILES string of the molecule is CC(C)C(=O)Nc1nc2c(nnn2[C@@H]2O[C@H](CN=[N+]=[N-])C[C@H]2O)c(=O)[nH]1. The Morgan fingerprint density at radius 2 is 2.38 bits per heavy atom. The van der Waals surface area contributed by atoms with E-state index < -0.39 is 24.0 Å². The zero-order chi connectivity index (χ0) is 18.8. The van der Waals surface area contributed by atoms with Crippen LogP contribution in [0.25, 0.3) is 21.6 Å². The van der Waals surface area contributed by atoms with Crippen molar-refractivity contribution in [1.82, 2.24) is 25.0 Å². The average molecular weight is 363 g/mol. The van der Waals surface area contributed by atoms with Crippen LogP contribution in [0.15, 0.2) is 9.91 Å². The maximum absolute atomic E-state index is 12.1. The number of ether oxygens (including phenoxy) is 1. The van der Waals surface area contributed by atoms with Gasteiger partial charge in [-0.1, -0.05) is 24.2 Å². The molecule has 0 unspecified atom stereocenters. The maximum Gasteiger partial charge on any atom is 0.282 e. The molecule has 2 aromatic heterocycles. The molecule has 2 aromatic rings. The second kappa shape index (κ2) is 7.07. The van der Waals surface area contributed by atoms with E-state index in [0.29, 0.717) is 0 Å². The summed E-state index contributed by atoms with van der Waals surface area (Å²) < 4.78 is 6.81. The van der Waals surface area contributed by atoms with Gasteiger partial charge in [0.25, 0.3) is 5.56 Å². The number of aromatic nitrogens is 5. The first-order valence-corrected chi connectivity index (χ1v) is 7.91. The Hall–Kier alpha value is -3.02. The fourth-order valence-corrected chi connectivity index (χ4v) is 2.53. The van der Waals surface area contributed by atoms with Crippen molar-refractivity contribution in [2.75, 3.05) is 11.9 Å².